The minimum Gasteiger partial charge on any atom is -0.503 e. The maximum absolute atomic E-state index is 13.3. The van der Waals surface area contributed by atoms with E-state index in [-0.39, 0.29) is 11.4 Å². The first-order valence-corrected chi connectivity index (χ1v) is 12.0. The van der Waals surface area contributed by atoms with Crippen LogP contribution in [0.15, 0.2) is 75.8 Å². The molecule has 6 nitrogen and oxygen atoms in total. The van der Waals surface area contributed by atoms with Crippen molar-refractivity contribution in [3.63, 3.8) is 0 Å². The zero-order valence-electron chi connectivity index (χ0n) is 16.6. The smallest absolute Gasteiger partial charge is 0.296 e. The number of carbonyl (C=O) groups is 2. The summed E-state index contributed by atoms with van der Waals surface area (Å²) in [5.41, 5.74) is 1.45. The molecule has 0 fully saturated rings. The maximum atomic E-state index is 13.3. The number of aliphatic hydroxyl groups is 1. The van der Waals surface area contributed by atoms with E-state index in [9.17, 15) is 14.7 Å². The quantitative estimate of drug-likeness (QED) is 0.327. The maximum Gasteiger partial charge on any atom is 0.296 e. The molecule has 0 unspecified atom stereocenters. The van der Waals surface area contributed by atoms with Gasteiger partial charge < -0.3 is 9.84 Å². The van der Waals surface area contributed by atoms with Crippen molar-refractivity contribution in [3.8, 4) is 5.75 Å². The molecule has 9 heteroatoms. The van der Waals surface area contributed by atoms with Gasteiger partial charge >= 0.3 is 0 Å². The first-order valence-electron chi connectivity index (χ1n) is 9.53. The number of thiophene rings is 1. The first kappa shape index (κ1) is 20.9. The number of aliphatic hydroxyl groups excluding tert-OH is 1. The molecule has 0 saturated carbocycles. The van der Waals surface area contributed by atoms with Crippen LogP contribution in [0, 0.1) is 0 Å². The highest BCUT2D eigenvalue weighted by atomic mass is 79.9. The van der Waals surface area contributed by atoms with Crippen molar-refractivity contribution in [1.82, 2.24) is 4.98 Å². The second-order valence-corrected chi connectivity index (χ2v) is 9.90. The fraction of sp³-hybridized carbons (Fsp3) is 0.0870. The third-order valence-electron chi connectivity index (χ3n) is 5.17. The zero-order valence-corrected chi connectivity index (χ0v) is 19.8. The van der Waals surface area contributed by atoms with Crippen molar-refractivity contribution in [2.24, 2.45) is 0 Å². The van der Waals surface area contributed by atoms with Gasteiger partial charge in [0.2, 0.25) is 5.78 Å². The van der Waals surface area contributed by atoms with Gasteiger partial charge in [0.05, 0.1) is 33.8 Å². The van der Waals surface area contributed by atoms with Gasteiger partial charge in [0, 0.05) is 4.47 Å². The first-order chi connectivity index (χ1) is 15.5. The molecule has 2 aromatic carbocycles. The van der Waals surface area contributed by atoms with E-state index in [4.69, 9.17) is 4.74 Å². The van der Waals surface area contributed by atoms with E-state index < -0.39 is 17.7 Å². The predicted molar refractivity (Wildman–Crippen MR) is 129 cm³/mol. The lowest BCUT2D eigenvalue weighted by atomic mass is 9.96. The van der Waals surface area contributed by atoms with E-state index in [1.807, 2.05) is 36.4 Å². The summed E-state index contributed by atoms with van der Waals surface area (Å²) >= 11 is 5.99. The van der Waals surface area contributed by atoms with Crippen LogP contribution in [-0.4, -0.2) is 28.9 Å². The van der Waals surface area contributed by atoms with Gasteiger partial charge in [-0.05, 0) is 47.3 Å². The number of Topliss-reactive ketones (excluding diaryl/α,β-unsaturated/α-hetero) is 1. The number of hydrogen-bond donors (Lipinski definition) is 1. The highest BCUT2D eigenvalue weighted by molar-refractivity contribution is 9.10. The minimum absolute atomic E-state index is 0.0524. The van der Waals surface area contributed by atoms with Crippen molar-refractivity contribution in [2.45, 2.75) is 6.04 Å². The van der Waals surface area contributed by atoms with E-state index in [0.29, 0.717) is 26.8 Å². The molecule has 4 aromatic rings. The van der Waals surface area contributed by atoms with Crippen molar-refractivity contribution < 1.29 is 19.4 Å². The number of hydrogen-bond acceptors (Lipinski definition) is 7. The summed E-state index contributed by atoms with van der Waals surface area (Å²) in [5, 5.41) is 13.0. The molecular formula is C23H15BrN2O4S2. The van der Waals surface area contributed by atoms with Gasteiger partial charge in [0.1, 0.15) is 5.75 Å². The third-order valence-corrected chi connectivity index (χ3v) is 7.59. The summed E-state index contributed by atoms with van der Waals surface area (Å²) in [4.78, 5) is 33.0. The topological polar surface area (TPSA) is 79.7 Å². The Morgan fingerprint density at radius 3 is 2.66 bits per heavy atom. The molecule has 0 saturated heterocycles. The molecule has 5 rings (SSSR count). The number of aromatic nitrogens is 1. The van der Waals surface area contributed by atoms with Crippen LogP contribution in [0.3, 0.4) is 0 Å². The minimum atomic E-state index is -0.798. The molecule has 32 heavy (non-hydrogen) atoms. The molecule has 1 aliphatic rings. The highest BCUT2D eigenvalue weighted by Gasteiger charge is 2.46. The Kier molecular flexibility index (Phi) is 5.32. The lowest BCUT2D eigenvalue weighted by molar-refractivity contribution is -0.117. The second-order valence-electron chi connectivity index (χ2n) is 7.03. The van der Waals surface area contributed by atoms with E-state index >= 15 is 0 Å². The van der Waals surface area contributed by atoms with Crippen LogP contribution < -0.4 is 9.64 Å². The Hall–Kier alpha value is -3.01. The molecule has 0 spiro atoms. The van der Waals surface area contributed by atoms with Crippen LogP contribution in [-0.2, 0) is 4.79 Å². The number of halogens is 1. The molecule has 2 aromatic heterocycles. The van der Waals surface area contributed by atoms with Gasteiger partial charge in [0.15, 0.2) is 10.9 Å². The average Bonchev–Trinajstić information content (AvgIpc) is 3.52. The molecule has 1 aliphatic heterocycles. The number of amides is 1. The average molecular weight is 527 g/mol. The van der Waals surface area contributed by atoms with Crippen molar-refractivity contribution in [3.05, 3.63) is 86.2 Å². The number of anilines is 1. The van der Waals surface area contributed by atoms with Crippen molar-refractivity contribution in [2.75, 3.05) is 12.0 Å². The van der Waals surface area contributed by atoms with Gasteiger partial charge in [0.25, 0.3) is 5.91 Å². The van der Waals surface area contributed by atoms with E-state index in [2.05, 4.69) is 20.9 Å². The molecule has 1 N–H and O–H groups in total. The Balaban J connectivity index is 1.67. The molecular weight excluding hydrogens is 512 g/mol. The van der Waals surface area contributed by atoms with Crippen LogP contribution >= 0.6 is 38.6 Å². The molecule has 160 valence electrons. The monoisotopic (exact) mass is 526 g/mol. The molecule has 0 radical (unpaired) electrons. The molecule has 1 atom stereocenters. The van der Waals surface area contributed by atoms with Gasteiger partial charge in [-0.15, -0.1) is 11.3 Å². The molecule has 0 bridgehead atoms. The number of ketones is 1. The zero-order chi connectivity index (χ0) is 22.4. The largest absolute Gasteiger partial charge is 0.503 e. The number of ether oxygens (including phenoxy) is 1. The summed E-state index contributed by atoms with van der Waals surface area (Å²) < 4.78 is 6.99. The Morgan fingerprint density at radius 1 is 1.19 bits per heavy atom. The van der Waals surface area contributed by atoms with E-state index in [1.165, 1.54) is 27.6 Å². The van der Waals surface area contributed by atoms with Gasteiger partial charge in [-0.3, -0.25) is 14.5 Å². The summed E-state index contributed by atoms with van der Waals surface area (Å²) in [6.45, 7) is 0. The number of nitrogens with zero attached hydrogens (tertiary/aromatic N) is 2. The summed E-state index contributed by atoms with van der Waals surface area (Å²) in [6, 6.07) is 15.4. The van der Waals surface area contributed by atoms with Crippen molar-refractivity contribution in [1.29, 1.82) is 0 Å². The lowest BCUT2D eigenvalue weighted by Crippen LogP contribution is -2.30. The number of rotatable bonds is 5. The number of fused-ring (bicyclic) bond motifs is 1. The molecule has 1 amide bonds. The molecule has 0 aliphatic carbocycles. The van der Waals surface area contributed by atoms with Crippen LogP contribution in [0.25, 0.3) is 10.2 Å². The van der Waals surface area contributed by atoms with Crippen LogP contribution in [0.1, 0.15) is 21.3 Å². The lowest BCUT2D eigenvalue weighted by Gasteiger charge is -2.24. The number of methoxy groups -OCH3 is 1. The van der Waals surface area contributed by atoms with Crippen LogP contribution in [0.4, 0.5) is 5.13 Å². The fourth-order valence-electron chi connectivity index (χ4n) is 3.66. The fourth-order valence-corrected chi connectivity index (χ4v) is 5.62. The summed E-state index contributed by atoms with van der Waals surface area (Å²) in [6.07, 6.45) is 0. The molecule has 3 heterocycles. The van der Waals surface area contributed by atoms with Crippen LogP contribution in [0.2, 0.25) is 0 Å². The number of carbonyl (C=O) groups excluding carboxylic acids is 2. The van der Waals surface area contributed by atoms with Crippen molar-refractivity contribution >= 4 is 65.6 Å². The number of thiazole rings is 1. The standard InChI is InChI=1S/C23H15BrN2O4S2/c1-30-14-8-9-15-17(11-14)32-23(25-15)26-19(12-4-6-13(24)7-5-12)18(21(28)22(26)29)20(27)16-3-2-10-31-16/h2-11,19,28H,1H3/t19-/m1/s1. The SMILES string of the molecule is COc1ccc2nc(N3C(=O)C(O)=C(C(=O)c4cccs4)[C@H]3c3ccc(Br)cc3)sc2c1. The summed E-state index contributed by atoms with van der Waals surface area (Å²) in [5.74, 6) is -0.888. The third kappa shape index (κ3) is 3.42. The Labute approximate surface area is 199 Å². The normalized spacial score (nSPS) is 16.2. The van der Waals surface area contributed by atoms with Gasteiger partial charge in [-0.2, -0.15) is 0 Å². The predicted octanol–water partition coefficient (Wildman–Crippen LogP) is 5.91. The van der Waals surface area contributed by atoms with Gasteiger partial charge in [-0.1, -0.05) is 45.5 Å². The second kappa shape index (κ2) is 8.16. The summed E-state index contributed by atoms with van der Waals surface area (Å²) in [7, 11) is 1.58. The van der Waals surface area contributed by atoms with E-state index in [0.717, 1.165) is 9.17 Å². The Bertz CT molecular complexity index is 1380. The van der Waals surface area contributed by atoms with E-state index in [1.54, 1.807) is 30.7 Å². The van der Waals surface area contributed by atoms with Gasteiger partial charge in [-0.25, -0.2) is 4.98 Å². The number of benzene rings is 2. The highest BCUT2D eigenvalue weighted by Crippen LogP contribution is 2.44. The van der Waals surface area contributed by atoms with Crippen LogP contribution in [0.5, 0.6) is 5.75 Å². The Morgan fingerprint density at radius 2 is 1.97 bits per heavy atom.